The first-order valence-electron chi connectivity index (χ1n) is 6.45. The van der Waals surface area contributed by atoms with Gasteiger partial charge in [-0.2, -0.15) is 4.79 Å². The highest BCUT2D eigenvalue weighted by Crippen LogP contribution is 2.06. The Morgan fingerprint density at radius 2 is 1.82 bits per heavy atom. The number of hydrogen-bond donors (Lipinski definition) is 0. The molecule has 22 heavy (non-hydrogen) atoms. The second-order valence-corrected chi connectivity index (χ2v) is 4.19. The zero-order chi connectivity index (χ0) is 16.6. The van der Waals surface area contributed by atoms with E-state index in [9.17, 15) is 22.1 Å². The highest BCUT2D eigenvalue weighted by molar-refractivity contribution is 6.50. The molecule has 1 aromatic carbocycles. The van der Waals surface area contributed by atoms with Crippen LogP contribution in [0.2, 0.25) is 0 Å². The minimum atomic E-state index is -6.00. The van der Waals surface area contributed by atoms with Crippen molar-refractivity contribution >= 4 is 13.3 Å². The summed E-state index contributed by atoms with van der Waals surface area (Å²) in [5, 5.41) is 0. The Morgan fingerprint density at radius 1 is 1.23 bits per heavy atom. The first-order chi connectivity index (χ1) is 10.3. The fourth-order valence-corrected chi connectivity index (χ4v) is 1.48. The van der Waals surface area contributed by atoms with Crippen molar-refractivity contribution in [1.82, 2.24) is 4.57 Å². The van der Waals surface area contributed by atoms with Gasteiger partial charge in [0.2, 0.25) is 0 Å². The topological polar surface area (TPSA) is 35.1 Å². The zero-order valence-corrected chi connectivity index (χ0v) is 11.8. The van der Waals surface area contributed by atoms with Gasteiger partial charge in [-0.25, -0.2) is 4.57 Å². The van der Waals surface area contributed by atoms with Gasteiger partial charge in [0.15, 0.2) is 0 Å². The van der Waals surface area contributed by atoms with Crippen LogP contribution in [0.3, 0.4) is 0 Å². The second-order valence-electron chi connectivity index (χ2n) is 4.19. The van der Waals surface area contributed by atoms with Gasteiger partial charge in [-0.05, 0) is 12.5 Å². The van der Waals surface area contributed by atoms with Crippen LogP contribution < -0.4 is 4.57 Å². The zero-order valence-electron chi connectivity index (χ0n) is 11.8. The lowest BCUT2D eigenvalue weighted by atomic mass is 10.2. The highest BCUT2D eigenvalue weighted by Gasteiger charge is 2.20. The van der Waals surface area contributed by atoms with Crippen LogP contribution in [-0.2, 0) is 17.9 Å². The number of carbonyl (C=O) groups is 1. The summed E-state index contributed by atoms with van der Waals surface area (Å²) in [6.45, 7) is 3.14. The third-order valence-electron chi connectivity index (χ3n) is 2.47. The Hall–Kier alpha value is -2.32. The molecule has 0 unspecified atom stereocenters. The van der Waals surface area contributed by atoms with Gasteiger partial charge in [-0.1, -0.05) is 30.3 Å². The third-order valence-corrected chi connectivity index (χ3v) is 2.47. The third kappa shape index (κ3) is 7.46. The number of hydrogen-bond acceptors (Lipinski definition) is 2. The Labute approximate surface area is 125 Å². The molecule has 120 valence electrons. The van der Waals surface area contributed by atoms with Crippen molar-refractivity contribution < 1.29 is 31.4 Å². The average Bonchev–Trinajstić information content (AvgIpc) is 2.93. The normalized spacial score (nSPS) is 10.6. The maximum Gasteiger partial charge on any atom is 0.673 e. The van der Waals surface area contributed by atoms with Crippen molar-refractivity contribution in [2.24, 2.45) is 0 Å². The number of ether oxygens (including phenoxy) is 1. The van der Waals surface area contributed by atoms with Crippen LogP contribution in [0.15, 0.2) is 49.1 Å². The van der Waals surface area contributed by atoms with Crippen LogP contribution in [0, 0.1) is 0 Å². The van der Waals surface area contributed by atoms with Gasteiger partial charge < -0.3 is 22.0 Å². The van der Waals surface area contributed by atoms with Gasteiger partial charge in [0.05, 0.1) is 6.54 Å². The van der Waals surface area contributed by atoms with Gasteiger partial charge in [0, 0.05) is 0 Å². The number of rotatable bonds is 3. The summed E-state index contributed by atoms with van der Waals surface area (Å²) >= 11 is 0. The monoisotopic (exact) mass is 318 g/mol. The van der Waals surface area contributed by atoms with E-state index in [-0.39, 0.29) is 6.09 Å². The number of benzene rings is 1. The molecule has 0 saturated carbocycles. The lowest BCUT2D eigenvalue weighted by Gasteiger charge is -2.00. The summed E-state index contributed by atoms with van der Waals surface area (Å²) in [7, 11) is -6.00. The Balaban J connectivity index is 0.000000422. The first-order valence-corrected chi connectivity index (χ1v) is 6.45. The predicted molar refractivity (Wildman–Crippen MR) is 72.5 cm³/mol. The molecule has 2 rings (SSSR count). The van der Waals surface area contributed by atoms with E-state index < -0.39 is 7.25 Å². The second kappa shape index (κ2) is 8.21. The van der Waals surface area contributed by atoms with E-state index in [0.717, 1.165) is 12.1 Å². The van der Waals surface area contributed by atoms with Crippen molar-refractivity contribution in [1.29, 1.82) is 0 Å². The van der Waals surface area contributed by atoms with Crippen LogP contribution in [0.25, 0.3) is 0 Å². The van der Waals surface area contributed by atoms with E-state index in [0.29, 0.717) is 6.61 Å². The van der Waals surface area contributed by atoms with Crippen molar-refractivity contribution in [3.05, 3.63) is 54.6 Å². The van der Waals surface area contributed by atoms with Crippen LogP contribution in [0.4, 0.5) is 22.1 Å². The Bertz CT molecular complexity index is 581. The molecule has 0 aliphatic carbocycles. The summed E-state index contributed by atoms with van der Waals surface area (Å²) in [6, 6.07) is 9.62. The Kier molecular flexibility index (Phi) is 6.62. The van der Waals surface area contributed by atoms with E-state index in [1.165, 1.54) is 4.57 Å². The minimum absolute atomic E-state index is 0.296. The fourth-order valence-electron chi connectivity index (χ4n) is 1.48. The molecule has 0 fully saturated rings. The van der Waals surface area contributed by atoms with Gasteiger partial charge in [0.25, 0.3) is 6.33 Å². The molecule has 0 aliphatic rings. The van der Waals surface area contributed by atoms with Gasteiger partial charge >= 0.3 is 13.3 Å². The SMILES string of the molecule is CCn1cc[n+](C(=O)OCc2ccccc2)c1.F[B-](F)(F)F. The molecule has 0 saturated heterocycles. The van der Waals surface area contributed by atoms with Gasteiger partial charge in [0.1, 0.15) is 19.0 Å². The molecule has 9 heteroatoms. The van der Waals surface area contributed by atoms with Crippen LogP contribution >= 0.6 is 0 Å². The molecule has 0 radical (unpaired) electrons. The minimum Gasteiger partial charge on any atom is -0.426 e. The van der Waals surface area contributed by atoms with Crippen LogP contribution in [-0.4, -0.2) is 17.9 Å². The summed E-state index contributed by atoms with van der Waals surface area (Å²) in [5.74, 6) is 0. The van der Waals surface area contributed by atoms with Crippen molar-refractivity contribution in [2.45, 2.75) is 20.1 Å². The smallest absolute Gasteiger partial charge is 0.426 e. The molecule has 0 aliphatic heterocycles. The summed E-state index contributed by atoms with van der Waals surface area (Å²) in [4.78, 5) is 11.7. The largest absolute Gasteiger partial charge is 0.673 e. The molecule has 1 aromatic heterocycles. The maximum absolute atomic E-state index is 11.7. The molecular weight excluding hydrogens is 303 g/mol. The molecule has 2 aromatic rings. The summed E-state index contributed by atoms with van der Waals surface area (Å²) in [6.07, 6.45) is 4.88. The van der Waals surface area contributed by atoms with E-state index in [4.69, 9.17) is 4.74 Å². The summed E-state index contributed by atoms with van der Waals surface area (Å²) < 4.78 is 47.5. The lowest BCUT2D eigenvalue weighted by molar-refractivity contribution is -0.586. The predicted octanol–water partition coefficient (Wildman–Crippen LogP) is 3.28. The van der Waals surface area contributed by atoms with Gasteiger partial charge in [-0.3, -0.25) is 0 Å². The number of imidazole rings is 1. The van der Waals surface area contributed by atoms with E-state index in [2.05, 4.69) is 0 Å². The molecule has 4 nitrogen and oxygen atoms in total. The van der Waals surface area contributed by atoms with Crippen molar-refractivity contribution in [3.8, 4) is 0 Å². The molecule has 0 N–H and O–H groups in total. The van der Waals surface area contributed by atoms with E-state index in [1.807, 2.05) is 48.0 Å². The lowest BCUT2D eigenvalue weighted by Crippen LogP contribution is -2.41. The average molecular weight is 318 g/mol. The van der Waals surface area contributed by atoms with Gasteiger partial charge in [-0.15, -0.1) is 4.57 Å². The number of halogens is 4. The van der Waals surface area contributed by atoms with Crippen LogP contribution in [0.5, 0.6) is 0 Å². The molecule has 0 atom stereocenters. The van der Waals surface area contributed by atoms with Crippen molar-refractivity contribution in [3.63, 3.8) is 0 Å². The quantitative estimate of drug-likeness (QED) is 0.494. The van der Waals surface area contributed by atoms with E-state index in [1.54, 1.807) is 12.5 Å². The molecule has 0 amide bonds. The number of nitrogens with zero attached hydrogens (tertiary/aromatic N) is 2. The molecule has 0 bridgehead atoms. The van der Waals surface area contributed by atoms with Crippen molar-refractivity contribution in [2.75, 3.05) is 0 Å². The van der Waals surface area contributed by atoms with E-state index >= 15 is 0 Å². The number of aryl methyl sites for hydroxylation is 1. The maximum atomic E-state index is 11.7. The van der Waals surface area contributed by atoms with Crippen LogP contribution in [0.1, 0.15) is 12.5 Å². The highest BCUT2D eigenvalue weighted by atomic mass is 19.5. The molecular formula is C13H15BF4N2O2. The molecule has 0 spiro atoms. The number of aromatic nitrogens is 2. The molecule has 1 heterocycles. The number of carbonyl (C=O) groups excluding carboxylic acids is 1. The summed E-state index contributed by atoms with van der Waals surface area (Å²) in [5.41, 5.74) is 0.983. The first kappa shape index (κ1) is 17.7. The standard InChI is InChI=1S/C13H15N2O2.BF4/c1-2-14-8-9-15(11-14)13(16)17-10-12-6-4-3-5-7-12;2-1(3,4)5/h3-9,11H,2,10H2,1H3;/q+1;-1. The fraction of sp³-hybridized carbons (Fsp3) is 0.231. The Morgan fingerprint density at radius 3 is 2.32 bits per heavy atom.